The lowest BCUT2D eigenvalue weighted by atomic mass is 10.0. The summed E-state index contributed by atoms with van der Waals surface area (Å²) in [6.45, 7) is 1.81. The van der Waals surface area contributed by atoms with Crippen molar-refractivity contribution in [3.05, 3.63) is 34.5 Å². The average molecular weight is 268 g/mol. The van der Waals surface area contributed by atoms with E-state index >= 15 is 0 Å². The van der Waals surface area contributed by atoms with Gasteiger partial charge in [0.05, 0.1) is 18.9 Å². The summed E-state index contributed by atoms with van der Waals surface area (Å²) >= 11 is 5.96. The first kappa shape index (κ1) is 12.4. The number of halogens is 1. The number of aromatic nitrogens is 1. The maximum atomic E-state index is 11.1. The summed E-state index contributed by atoms with van der Waals surface area (Å²) in [7, 11) is 1.50. The predicted octanol–water partition coefficient (Wildman–Crippen LogP) is 3.01. The lowest BCUT2D eigenvalue weighted by Crippen LogP contribution is -1.98. The molecule has 0 aliphatic heterocycles. The monoisotopic (exact) mass is 267 g/mol. The van der Waals surface area contributed by atoms with Gasteiger partial charge in [0.1, 0.15) is 11.3 Å². The number of carboxylic acids is 1. The van der Waals surface area contributed by atoms with Crippen LogP contribution in [0.25, 0.3) is 11.3 Å². The largest absolute Gasteiger partial charge is 0.496 e. The number of aryl methyl sites for hydroxylation is 1. The van der Waals surface area contributed by atoms with Crippen molar-refractivity contribution in [2.24, 2.45) is 0 Å². The number of nitrogens with zero attached hydrogens (tertiary/aromatic N) is 1. The number of hydrogen-bond acceptors (Lipinski definition) is 4. The molecule has 0 saturated carbocycles. The fourth-order valence-corrected chi connectivity index (χ4v) is 2.03. The molecule has 18 heavy (non-hydrogen) atoms. The number of carboxylic acid groups (broad SMARTS) is 1. The molecule has 0 radical (unpaired) electrons. The van der Waals surface area contributed by atoms with Crippen molar-refractivity contribution < 1.29 is 19.2 Å². The minimum atomic E-state index is -1.12. The Morgan fingerprint density at radius 1 is 1.50 bits per heavy atom. The zero-order valence-electron chi connectivity index (χ0n) is 9.73. The van der Waals surface area contributed by atoms with E-state index in [-0.39, 0.29) is 11.3 Å². The number of ether oxygens (including phenoxy) is 1. The Hall–Kier alpha value is -2.01. The molecule has 0 atom stereocenters. The molecule has 0 saturated heterocycles. The third kappa shape index (κ3) is 2.04. The Balaban J connectivity index is 2.70. The van der Waals surface area contributed by atoms with Gasteiger partial charge >= 0.3 is 5.97 Å². The van der Waals surface area contributed by atoms with Crippen molar-refractivity contribution in [2.75, 3.05) is 7.11 Å². The second kappa shape index (κ2) is 4.70. The van der Waals surface area contributed by atoms with Crippen LogP contribution >= 0.6 is 11.6 Å². The summed E-state index contributed by atoms with van der Waals surface area (Å²) < 4.78 is 10.2. The Kier molecular flexibility index (Phi) is 3.25. The van der Waals surface area contributed by atoms with Gasteiger partial charge in [0.2, 0.25) is 0 Å². The van der Waals surface area contributed by atoms with Crippen molar-refractivity contribution in [1.29, 1.82) is 0 Å². The second-order valence-electron chi connectivity index (χ2n) is 3.68. The van der Waals surface area contributed by atoms with Crippen molar-refractivity contribution >= 4 is 17.6 Å². The fourth-order valence-electron chi connectivity index (χ4n) is 1.76. The first-order valence-electron chi connectivity index (χ1n) is 5.07. The van der Waals surface area contributed by atoms with Crippen LogP contribution in [0.15, 0.2) is 22.9 Å². The van der Waals surface area contributed by atoms with E-state index in [4.69, 9.17) is 26.0 Å². The van der Waals surface area contributed by atoms with Gasteiger partial charge in [0.25, 0.3) is 0 Å². The SMILES string of the molecule is COc1c(C)cc(Cl)cc1-c1oncc1C(=O)O. The Morgan fingerprint density at radius 3 is 2.83 bits per heavy atom. The highest BCUT2D eigenvalue weighted by atomic mass is 35.5. The van der Waals surface area contributed by atoms with Crippen LogP contribution in [0.1, 0.15) is 15.9 Å². The van der Waals surface area contributed by atoms with E-state index in [0.717, 1.165) is 11.8 Å². The molecule has 0 amide bonds. The molecule has 0 spiro atoms. The molecular weight excluding hydrogens is 258 g/mol. The van der Waals surface area contributed by atoms with E-state index in [9.17, 15) is 4.79 Å². The van der Waals surface area contributed by atoms with Gasteiger partial charge in [-0.15, -0.1) is 0 Å². The molecule has 0 fully saturated rings. The highest BCUT2D eigenvalue weighted by molar-refractivity contribution is 6.31. The van der Waals surface area contributed by atoms with Gasteiger partial charge in [-0.25, -0.2) is 4.79 Å². The van der Waals surface area contributed by atoms with Gasteiger partial charge in [0.15, 0.2) is 5.76 Å². The summed E-state index contributed by atoms with van der Waals surface area (Å²) in [5, 5.41) is 13.0. The highest BCUT2D eigenvalue weighted by Gasteiger charge is 2.21. The van der Waals surface area contributed by atoms with Crippen LogP contribution in [0, 0.1) is 6.92 Å². The van der Waals surface area contributed by atoms with Crippen molar-refractivity contribution in [3.63, 3.8) is 0 Å². The lowest BCUT2D eigenvalue weighted by molar-refractivity contribution is 0.0697. The molecule has 1 aromatic heterocycles. The van der Waals surface area contributed by atoms with Crippen molar-refractivity contribution in [1.82, 2.24) is 5.16 Å². The molecule has 5 nitrogen and oxygen atoms in total. The molecule has 1 aromatic carbocycles. The number of benzene rings is 1. The minimum Gasteiger partial charge on any atom is -0.496 e. The molecule has 0 unspecified atom stereocenters. The van der Waals surface area contributed by atoms with Crippen LogP contribution in [0.2, 0.25) is 5.02 Å². The summed E-state index contributed by atoms with van der Waals surface area (Å²) in [5.74, 6) is -0.477. The molecule has 1 N–H and O–H groups in total. The average Bonchev–Trinajstić information content (AvgIpc) is 2.76. The van der Waals surface area contributed by atoms with Crippen LogP contribution in [-0.2, 0) is 0 Å². The zero-order chi connectivity index (χ0) is 13.3. The molecule has 1 heterocycles. The van der Waals surface area contributed by atoms with E-state index < -0.39 is 5.97 Å². The van der Waals surface area contributed by atoms with Crippen LogP contribution in [-0.4, -0.2) is 23.3 Å². The third-order valence-electron chi connectivity index (χ3n) is 2.49. The minimum absolute atomic E-state index is 0.0324. The van der Waals surface area contributed by atoms with Crippen LogP contribution in [0.3, 0.4) is 0 Å². The standard InChI is InChI=1S/C12H10ClNO4/c1-6-3-7(13)4-8(10(6)17-2)11-9(12(15)16)5-14-18-11/h3-5H,1-2H3,(H,15,16). The fraction of sp³-hybridized carbons (Fsp3) is 0.167. The smallest absolute Gasteiger partial charge is 0.341 e. The topological polar surface area (TPSA) is 72.6 Å². The summed E-state index contributed by atoms with van der Waals surface area (Å²) in [5.41, 5.74) is 1.22. The van der Waals surface area contributed by atoms with Gasteiger partial charge in [0, 0.05) is 5.02 Å². The molecule has 0 aliphatic carbocycles. The summed E-state index contributed by atoms with van der Waals surface area (Å²) in [6, 6.07) is 3.31. The maximum absolute atomic E-state index is 11.1. The van der Waals surface area contributed by atoms with Gasteiger partial charge < -0.3 is 14.4 Å². The highest BCUT2D eigenvalue weighted by Crippen LogP contribution is 2.37. The van der Waals surface area contributed by atoms with Crippen LogP contribution in [0.5, 0.6) is 5.75 Å². The van der Waals surface area contributed by atoms with Gasteiger partial charge in [-0.2, -0.15) is 0 Å². The van der Waals surface area contributed by atoms with Crippen molar-refractivity contribution in [3.8, 4) is 17.1 Å². The number of carbonyl (C=O) groups is 1. The van der Waals surface area contributed by atoms with Gasteiger partial charge in [-0.3, -0.25) is 0 Å². The van der Waals surface area contributed by atoms with E-state index in [1.165, 1.54) is 7.11 Å². The normalized spacial score (nSPS) is 10.4. The molecular formula is C12H10ClNO4. The van der Waals surface area contributed by atoms with E-state index in [2.05, 4.69) is 5.16 Å². The van der Waals surface area contributed by atoms with Crippen LogP contribution < -0.4 is 4.74 Å². The molecule has 0 aliphatic rings. The van der Waals surface area contributed by atoms with E-state index in [0.29, 0.717) is 16.3 Å². The first-order chi connectivity index (χ1) is 8.54. The predicted molar refractivity (Wildman–Crippen MR) is 65.2 cm³/mol. The molecule has 94 valence electrons. The Morgan fingerprint density at radius 2 is 2.22 bits per heavy atom. The molecule has 2 rings (SSSR count). The molecule has 0 bridgehead atoms. The lowest BCUT2D eigenvalue weighted by Gasteiger charge is -2.10. The summed E-state index contributed by atoms with van der Waals surface area (Å²) in [4.78, 5) is 11.1. The van der Waals surface area contributed by atoms with E-state index in [1.54, 1.807) is 12.1 Å². The number of rotatable bonds is 3. The molecule has 6 heteroatoms. The first-order valence-corrected chi connectivity index (χ1v) is 5.45. The van der Waals surface area contributed by atoms with Crippen molar-refractivity contribution in [2.45, 2.75) is 6.92 Å². The third-order valence-corrected chi connectivity index (χ3v) is 2.71. The van der Waals surface area contributed by atoms with Gasteiger partial charge in [-0.1, -0.05) is 16.8 Å². The quantitative estimate of drug-likeness (QED) is 0.925. The number of hydrogen-bond donors (Lipinski definition) is 1. The number of aromatic carboxylic acids is 1. The Bertz CT molecular complexity index is 606. The van der Waals surface area contributed by atoms with Crippen LogP contribution in [0.4, 0.5) is 0 Å². The molecule has 2 aromatic rings. The Labute approximate surface area is 108 Å². The number of methoxy groups -OCH3 is 1. The van der Waals surface area contributed by atoms with Gasteiger partial charge in [-0.05, 0) is 24.6 Å². The zero-order valence-corrected chi connectivity index (χ0v) is 10.5. The van der Waals surface area contributed by atoms with E-state index in [1.807, 2.05) is 6.92 Å². The maximum Gasteiger partial charge on any atom is 0.341 e. The second-order valence-corrected chi connectivity index (χ2v) is 4.11. The summed E-state index contributed by atoms with van der Waals surface area (Å²) in [6.07, 6.45) is 1.15.